The average Bonchev–Trinajstić information content (AvgIpc) is 3.46. The van der Waals surface area contributed by atoms with E-state index in [1.54, 1.807) is 55.6 Å². The number of hydrogen-bond donors (Lipinski definition) is 0. The highest BCUT2D eigenvalue weighted by molar-refractivity contribution is 6.22. The number of amides is 2. The maximum Gasteiger partial charge on any atom is 0.237 e. The molecule has 3 aliphatic rings. The van der Waals surface area contributed by atoms with Crippen molar-refractivity contribution in [3.8, 4) is 11.5 Å². The number of hydrogen-bond acceptors (Lipinski definition) is 5. The zero-order valence-electron chi connectivity index (χ0n) is 16.7. The van der Waals surface area contributed by atoms with Gasteiger partial charge in [-0.15, -0.1) is 0 Å². The maximum absolute atomic E-state index is 13.0. The number of anilines is 1. The molecule has 6 nitrogen and oxygen atoms in total. The normalized spacial score (nSPS) is 26.8. The van der Waals surface area contributed by atoms with Crippen LogP contribution in [0.4, 0.5) is 5.69 Å². The van der Waals surface area contributed by atoms with Gasteiger partial charge < -0.3 is 9.47 Å². The zero-order chi connectivity index (χ0) is 20.8. The van der Waals surface area contributed by atoms with Crippen LogP contribution in [-0.2, 0) is 9.59 Å². The predicted molar refractivity (Wildman–Crippen MR) is 110 cm³/mol. The third-order valence-corrected chi connectivity index (χ3v) is 6.76. The van der Waals surface area contributed by atoms with E-state index in [1.807, 2.05) is 0 Å². The quantitative estimate of drug-likeness (QED) is 0.543. The standard InChI is InChI=1S/C24H23NO5/c1-29-18-6-2-4-14(11-18)20(26)13-30-19-7-3-5-17(12-19)25-23(27)21-15-8-9-16(10-15)22(21)24(25)28/h2-7,11-12,15-16,21-22H,8-10,13H2,1H3/t15-,16+,21+,22-. The largest absolute Gasteiger partial charge is 0.497 e. The summed E-state index contributed by atoms with van der Waals surface area (Å²) < 4.78 is 10.8. The molecule has 4 atom stereocenters. The van der Waals surface area contributed by atoms with Crippen LogP contribution < -0.4 is 14.4 Å². The maximum atomic E-state index is 13.0. The molecule has 0 aromatic heterocycles. The first-order chi connectivity index (χ1) is 14.6. The highest BCUT2D eigenvalue weighted by atomic mass is 16.5. The van der Waals surface area contributed by atoms with Crippen LogP contribution >= 0.6 is 0 Å². The first kappa shape index (κ1) is 18.9. The number of fused-ring (bicyclic) bond motifs is 5. The lowest BCUT2D eigenvalue weighted by Crippen LogP contribution is -2.32. The number of methoxy groups -OCH3 is 1. The Balaban J connectivity index is 1.31. The fourth-order valence-electron chi connectivity index (χ4n) is 5.40. The van der Waals surface area contributed by atoms with Crippen LogP contribution in [0.3, 0.4) is 0 Å². The number of benzene rings is 2. The van der Waals surface area contributed by atoms with E-state index in [4.69, 9.17) is 9.47 Å². The average molecular weight is 405 g/mol. The van der Waals surface area contributed by atoms with Gasteiger partial charge in [-0.1, -0.05) is 18.2 Å². The lowest BCUT2D eigenvalue weighted by atomic mass is 9.81. The molecule has 0 spiro atoms. The highest BCUT2D eigenvalue weighted by Crippen LogP contribution is 2.56. The van der Waals surface area contributed by atoms with Crippen LogP contribution in [0.1, 0.15) is 29.6 Å². The van der Waals surface area contributed by atoms with Crippen LogP contribution in [0.5, 0.6) is 11.5 Å². The fourth-order valence-corrected chi connectivity index (χ4v) is 5.40. The molecule has 0 unspecified atom stereocenters. The fraction of sp³-hybridized carbons (Fsp3) is 0.375. The summed E-state index contributed by atoms with van der Waals surface area (Å²) in [7, 11) is 1.55. The first-order valence-electron chi connectivity index (χ1n) is 10.3. The van der Waals surface area contributed by atoms with E-state index in [0.717, 1.165) is 19.3 Å². The second-order valence-electron chi connectivity index (χ2n) is 8.34. The topological polar surface area (TPSA) is 72.9 Å². The lowest BCUT2D eigenvalue weighted by molar-refractivity contribution is -0.123. The Bertz CT molecular complexity index is 1000. The third-order valence-electron chi connectivity index (χ3n) is 6.76. The van der Waals surface area contributed by atoms with E-state index in [9.17, 15) is 14.4 Å². The van der Waals surface area contributed by atoms with Gasteiger partial charge in [-0.05, 0) is 55.4 Å². The van der Waals surface area contributed by atoms with Crippen molar-refractivity contribution < 1.29 is 23.9 Å². The molecule has 30 heavy (non-hydrogen) atoms. The molecule has 1 saturated heterocycles. The SMILES string of the molecule is COc1cccc(C(=O)COc2cccc(N3C(=O)[C@@H]4[C@H]5CC[C@H](C5)[C@@H]4C3=O)c2)c1. The van der Waals surface area contributed by atoms with Gasteiger partial charge in [-0.25, -0.2) is 4.90 Å². The number of nitrogens with zero attached hydrogens (tertiary/aromatic N) is 1. The number of rotatable bonds is 6. The van der Waals surface area contributed by atoms with E-state index in [0.29, 0.717) is 34.6 Å². The van der Waals surface area contributed by atoms with Crippen molar-refractivity contribution in [2.45, 2.75) is 19.3 Å². The summed E-state index contributed by atoms with van der Waals surface area (Å²) in [5.74, 6) is 1.09. The third kappa shape index (κ3) is 2.98. The summed E-state index contributed by atoms with van der Waals surface area (Å²) in [4.78, 5) is 39.8. The Labute approximate surface area is 174 Å². The molecule has 2 amide bonds. The minimum Gasteiger partial charge on any atom is -0.497 e. The first-order valence-corrected chi connectivity index (χ1v) is 10.3. The molecule has 2 bridgehead atoms. The molecule has 2 aliphatic carbocycles. The summed E-state index contributed by atoms with van der Waals surface area (Å²) >= 11 is 0. The van der Waals surface area contributed by atoms with Gasteiger partial charge >= 0.3 is 0 Å². The Hall–Kier alpha value is -3.15. The van der Waals surface area contributed by atoms with Crippen molar-refractivity contribution in [3.63, 3.8) is 0 Å². The molecular weight excluding hydrogens is 382 g/mol. The van der Waals surface area contributed by atoms with Gasteiger partial charge in [0.25, 0.3) is 0 Å². The summed E-state index contributed by atoms with van der Waals surface area (Å²) in [6.07, 6.45) is 3.11. The van der Waals surface area contributed by atoms with Crippen LogP contribution in [0, 0.1) is 23.7 Å². The molecule has 6 heteroatoms. The smallest absolute Gasteiger partial charge is 0.237 e. The number of ether oxygens (including phenoxy) is 2. The van der Waals surface area contributed by atoms with Crippen molar-refractivity contribution in [3.05, 3.63) is 54.1 Å². The van der Waals surface area contributed by atoms with Crippen LogP contribution in [0.2, 0.25) is 0 Å². The second-order valence-corrected chi connectivity index (χ2v) is 8.34. The molecule has 2 aromatic carbocycles. The van der Waals surface area contributed by atoms with Crippen LogP contribution in [0.15, 0.2) is 48.5 Å². The number of ketones is 1. The molecule has 5 rings (SSSR count). The Morgan fingerprint density at radius 2 is 1.63 bits per heavy atom. The lowest BCUT2D eigenvalue weighted by Gasteiger charge is -2.19. The number of carbonyl (C=O) groups excluding carboxylic acids is 3. The monoisotopic (exact) mass is 405 g/mol. The molecule has 0 radical (unpaired) electrons. The van der Waals surface area contributed by atoms with Gasteiger partial charge in [0.15, 0.2) is 12.4 Å². The van der Waals surface area contributed by atoms with Crippen LogP contribution in [-0.4, -0.2) is 31.3 Å². The molecule has 0 N–H and O–H groups in total. The Morgan fingerprint density at radius 3 is 2.33 bits per heavy atom. The van der Waals surface area contributed by atoms with E-state index in [-0.39, 0.29) is 36.0 Å². The van der Waals surface area contributed by atoms with E-state index in [2.05, 4.69) is 0 Å². The summed E-state index contributed by atoms with van der Waals surface area (Å²) in [5.41, 5.74) is 1.02. The van der Waals surface area contributed by atoms with Crippen molar-refractivity contribution in [1.29, 1.82) is 0 Å². The molecule has 2 aromatic rings. The predicted octanol–water partition coefficient (Wildman–Crippen LogP) is 3.49. The van der Waals surface area contributed by atoms with Gasteiger partial charge in [0.1, 0.15) is 11.5 Å². The molecule has 3 fully saturated rings. The van der Waals surface area contributed by atoms with Gasteiger partial charge in [0.05, 0.1) is 24.6 Å². The van der Waals surface area contributed by atoms with Gasteiger partial charge in [0.2, 0.25) is 11.8 Å². The minimum absolute atomic E-state index is 0.0817. The second kappa shape index (κ2) is 7.27. The summed E-state index contributed by atoms with van der Waals surface area (Å²) in [6.45, 7) is -0.145. The van der Waals surface area contributed by atoms with Gasteiger partial charge in [0, 0.05) is 11.6 Å². The van der Waals surface area contributed by atoms with Crippen molar-refractivity contribution in [1.82, 2.24) is 0 Å². The molecule has 1 aliphatic heterocycles. The van der Waals surface area contributed by atoms with Crippen LogP contribution in [0.25, 0.3) is 0 Å². The van der Waals surface area contributed by atoms with E-state index >= 15 is 0 Å². The molecular formula is C24H23NO5. The van der Waals surface area contributed by atoms with Crippen molar-refractivity contribution in [2.75, 3.05) is 18.6 Å². The van der Waals surface area contributed by atoms with Gasteiger partial charge in [-0.2, -0.15) is 0 Å². The zero-order valence-corrected chi connectivity index (χ0v) is 16.7. The summed E-state index contributed by atoms with van der Waals surface area (Å²) in [6, 6.07) is 13.8. The van der Waals surface area contributed by atoms with E-state index < -0.39 is 0 Å². The Kier molecular flexibility index (Phi) is 4.57. The number of imide groups is 1. The Morgan fingerprint density at radius 1 is 0.967 bits per heavy atom. The van der Waals surface area contributed by atoms with Crippen molar-refractivity contribution >= 4 is 23.3 Å². The summed E-state index contributed by atoms with van der Waals surface area (Å²) in [5, 5.41) is 0. The van der Waals surface area contributed by atoms with E-state index in [1.165, 1.54) is 4.90 Å². The minimum atomic E-state index is -0.182. The van der Waals surface area contributed by atoms with Crippen molar-refractivity contribution in [2.24, 2.45) is 23.7 Å². The number of carbonyl (C=O) groups is 3. The number of Topliss-reactive ketones (excluding diaryl/α,β-unsaturated/α-hetero) is 1. The molecule has 1 heterocycles. The molecule has 154 valence electrons. The van der Waals surface area contributed by atoms with Gasteiger partial charge in [-0.3, -0.25) is 14.4 Å². The highest BCUT2D eigenvalue weighted by Gasteiger charge is 2.61. The molecule has 2 saturated carbocycles.